The minimum atomic E-state index is 0.177. The van der Waals surface area contributed by atoms with Crippen LogP contribution in [-0.2, 0) is 4.79 Å². The quantitative estimate of drug-likeness (QED) is 0.710. The lowest BCUT2D eigenvalue weighted by Crippen LogP contribution is -2.45. The van der Waals surface area contributed by atoms with Gasteiger partial charge >= 0.3 is 0 Å². The van der Waals surface area contributed by atoms with Gasteiger partial charge in [-0.25, -0.2) is 0 Å². The van der Waals surface area contributed by atoms with Crippen molar-refractivity contribution in [1.82, 2.24) is 5.32 Å². The number of carbonyl (C=O) groups excluding carboxylic acids is 1. The Kier molecular flexibility index (Phi) is 7.44. The Hall–Kier alpha value is -0.570. The van der Waals surface area contributed by atoms with E-state index in [1.54, 1.807) is 0 Å². The van der Waals surface area contributed by atoms with E-state index in [2.05, 4.69) is 19.2 Å². The smallest absolute Gasteiger partial charge is 0.223 e. The van der Waals surface area contributed by atoms with Crippen molar-refractivity contribution in [1.29, 1.82) is 0 Å². The van der Waals surface area contributed by atoms with Gasteiger partial charge in [0, 0.05) is 12.5 Å². The van der Waals surface area contributed by atoms with Crippen LogP contribution in [0.1, 0.15) is 71.6 Å². The fourth-order valence-electron chi connectivity index (χ4n) is 3.28. The van der Waals surface area contributed by atoms with E-state index in [0.29, 0.717) is 6.54 Å². The topological polar surface area (TPSA) is 55.1 Å². The Morgan fingerprint density at radius 2 is 1.74 bits per heavy atom. The summed E-state index contributed by atoms with van der Waals surface area (Å²) in [5.41, 5.74) is 6.14. The van der Waals surface area contributed by atoms with Crippen molar-refractivity contribution in [3.8, 4) is 0 Å². The lowest BCUT2D eigenvalue weighted by Gasteiger charge is -2.36. The summed E-state index contributed by atoms with van der Waals surface area (Å²) in [4.78, 5) is 12.3. The summed E-state index contributed by atoms with van der Waals surface area (Å²) in [6.07, 6.45) is 10.4. The van der Waals surface area contributed by atoms with Crippen LogP contribution in [0, 0.1) is 11.3 Å². The minimum absolute atomic E-state index is 0.177. The van der Waals surface area contributed by atoms with E-state index in [-0.39, 0.29) is 17.2 Å². The first kappa shape index (κ1) is 16.5. The fraction of sp³-hybridized carbons (Fsp3) is 0.938. The van der Waals surface area contributed by atoms with Gasteiger partial charge < -0.3 is 11.1 Å². The molecule has 1 aliphatic rings. The summed E-state index contributed by atoms with van der Waals surface area (Å²) in [5.74, 6) is 0.454. The molecule has 0 bridgehead atoms. The summed E-state index contributed by atoms with van der Waals surface area (Å²) in [7, 11) is 0. The molecule has 0 saturated heterocycles. The molecular formula is C16H32N2O. The van der Waals surface area contributed by atoms with Crippen molar-refractivity contribution >= 4 is 5.91 Å². The van der Waals surface area contributed by atoms with Crippen LogP contribution in [-0.4, -0.2) is 19.0 Å². The van der Waals surface area contributed by atoms with Gasteiger partial charge in [-0.2, -0.15) is 0 Å². The molecule has 0 radical (unpaired) electrons. The van der Waals surface area contributed by atoms with E-state index in [0.717, 1.165) is 32.2 Å². The average Bonchev–Trinajstić information content (AvgIpc) is 2.45. The standard InChI is InChI=1S/C16H32N2O/c1-3-8-14(9-4-2)15(19)18-13-16(12-17)10-6-5-7-11-16/h14H,3-13,17H2,1-2H3,(H,18,19). The van der Waals surface area contributed by atoms with Gasteiger partial charge in [0.2, 0.25) is 5.91 Å². The summed E-state index contributed by atoms with van der Waals surface area (Å²) >= 11 is 0. The molecule has 1 fully saturated rings. The monoisotopic (exact) mass is 268 g/mol. The first-order valence-corrected chi connectivity index (χ1v) is 8.15. The van der Waals surface area contributed by atoms with E-state index in [4.69, 9.17) is 5.73 Å². The predicted molar refractivity (Wildman–Crippen MR) is 80.9 cm³/mol. The second-order valence-corrected chi connectivity index (χ2v) is 6.26. The zero-order chi connectivity index (χ0) is 14.1. The van der Waals surface area contributed by atoms with Gasteiger partial charge in [-0.05, 0) is 37.6 Å². The van der Waals surface area contributed by atoms with Crippen molar-refractivity contribution in [3.63, 3.8) is 0 Å². The highest BCUT2D eigenvalue weighted by Crippen LogP contribution is 2.34. The summed E-state index contributed by atoms with van der Waals surface area (Å²) in [5, 5.41) is 3.19. The van der Waals surface area contributed by atoms with Gasteiger partial charge in [0.15, 0.2) is 0 Å². The Labute approximate surface area is 118 Å². The molecule has 1 rings (SSSR count). The van der Waals surface area contributed by atoms with Crippen LogP contribution in [0.25, 0.3) is 0 Å². The minimum Gasteiger partial charge on any atom is -0.355 e. The molecule has 0 aromatic heterocycles. The number of hydrogen-bond acceptors (Lipinski definition) is 2. The van der Waals surface area contributed by atoms with Crippen LogP contribution in [0.15, 0.2) is 0 Å². The molecule has 3 heteroatoms. The normalized spacial score (nSPS) is 18.5. The first-order valence-electron chi connectivity index (χ1n) is 8.15. The van der Waals surface area contributed by atoms with Crippen molar-refractivity contribution in [2.75, 3.05) is 13.1 Å². The Balaban J connectivity index is 2.45. The number of carbonyl (C=O) groups is 1. The largest absolute Gasteiger partial charge is 0.355 e. The molecule has 0 spiro atoms. The molecule has 0 unspecified atom stereocenters. The van der Waals surface area contributed by atoms with E-state index in [9.17, 15) is 4.79 Å². The maximum absolute atomic E-state index is 12.3. The van der Waals surface area contributed by atoms with Crippen molar-refractivity contribution < 1.29 is 4.79 Å². The highest BCUT2D eigenvalue weighted by atomic mass is 16.1. The van der Waals surface area contributed by atoms with Gasteiger partial charge in [0.25, 0.3) is 0 Å². The molecule has 0 aromatic rings. The van der Waals surface area contributed by atoms with Crippen LogP contribution >= 0.6 is 0 Å². The lowest BCUT2D eigenvalue weighted by molar-refractivity contribution is -0.126. The highest BCUT2D eigenvalue weighted by molar-refractivity contribution is 5.78. The van der Waals surface area contributed by atoms with Crippen LogP contribution < -0.4 is 11.1 Å². The molecule has 0 aliphatic heterocycles. The van der Waals surface area contributed by atoms with Crippen molar-refractivity contribution in [2.45, 2.75) is 71.6 Å². The Morgan fingerprint density at radius 3 is 2.21 bits per heavy atom. The van der Waals surface area contributed by atoms with E-state index >= 15 is 0 Å². The molecule has 0 atom stereocenters. The molecule has 0 heterocycles. The average molecular weight is 268 g/mol. The van der Waals surface area contributed by atoms with Gasteiger partial charge in [-0.3, -0.25) is 4.79 Å². The van der Waals surface area contributed by atoms with Crippen LogP contribution in [0.2, 0.25) is 0 Å². The first-order chi connectivity index (χ1) is 9.17. The molecule has 1 aliphatic carbocycles. The third-order valence-corrected chi connectivity index (χ3v) is 4.63. The number of hydrogen-bond donors (Lipinski definition) is 2. The lowest BCUT2D eigenvalue weighted by atomic mass is 9.74. The Bertz CT molecular complexity index is 253. The molecule has 1 amide bonds. The van der Waals surface area contributed by atoms with Gasteiger partial charge in [0.05, 0.1) is 0 Å². The number of amides is 1. The highest BCUT2D eigenvalue weighted by Gasteiger charge is 2.31. The van der Waals surface area contributed by atoms with Crippen LogP contribution in [0.5, 0.6) is 0 Å². The third kappa shape index (κ3) is 5.13. The maximum Gasteiger partial charge on any atom is 0.223 e. The van der Waals surface area contributed by atoms with Crippen LogP contribution in [0.3, 0.4) is 0 Å². The van der Waals surface area contributed by atoms with Crippen molar-refractivity contribution in [2.24, 2.45) is 17.1 Å². The van der Waals surface area contributed by atoms with E-state index < -0.39 is 0 Å². The zero-order valence-electron chi connectivity index (χ0n) is 12.8. The number of nitrogens with one attached hydrogen (secondary N) is 1. The zero-order valence-corrected chi connectivity index (χ0v) is 12.8. The Morgan fingerprint density at radius 1 is 1.16 bits per heavy atom. The number of rotatable bonds is 8. The van der Waals surface area contributed by atoms with E-state index in [1.807, 2.05) is 0 Å². The van der Waals surface area contributed by atoms with Crippen LogP contribution in [0.4, 0.5) is 0 Å². The SMILES string of the molecule is CCCC(CCC)C(=O)NCC1(CN)CCCCC1. The second kappa shape index (κ2) is 8.57. The van der Waals surface area contributed by atoms with Gasteiger partial charge in [-0.1, -0.05) is 46.0 Å². The molecule has 3 nitrogen and oxygen atoms in total. The molecule has 0 aromatic carbocycles. The molecule has 112 valence electrons. The molecule has 1 saturated carbocycles. The predicted octanol–water partition coefficient (Wildman–Crippen LogP) is 3.23. The maximum atomic E-state index is 12.3. The molecule has 19 heavy (non-hydrogen) atoms. The van der Waals surface area contributed by atoms with Crippen molar-refractivity contribution in [3.05, 3.63) is 0 Å². The molecule has 3 N–H and O–H groups in total. The van der Waals surface area contributed by atoms with Gasteiger partial charge in [-0.15, -0.1) is 0 Å². The number of nitrogens with two attached hydrogens (primary N) is 1. The summed E-state index contributed by atoms with van der Waals surface area (Å²) in [6.45, 7) is 5.79. The fourth-order valence-corrected chi connectivity index (χ4v) is 3.28. The summed E-state index contributed by atoms with van der Waals surface area (Å²) < 4.78 is 0. The second-order valence-electron chi connectivity index (χ2n) is 6.26. The molecular weight excluding hydrogens is 236 g/mol. The third-order valence-electron chi connectivity index (χ3n) is 4.63. The van der Waals surface area contributed by atoms with E-state index in [1.165, 1.54) is 32.1 Å². The van der Waals surface area contributed by atoms with Gasteiger partial charge in [0.1, 0.15) is 0 Å². The summed E-state index contributed by atoms with van der Waals surface area (Å²) in [6, 6.07) is 0.